The molecule has 2 aromatic carbocycles. The molecule has 0 radical (unpaired) electrons. The topological polar surface area (TPSA) is 81.8 Å². The van der Waals surface area contributed by atoms with Crippen molar-refractivity contribution in [3.8, 4) is 0 Å². The largest absolute Gasteiger partial charge is 0.331 e. The van der Waals surface area contributed by atoms with Crippen LogP contribution in [0.4, 0.5) is 11.4 Å². The van der Waals surface area contributed by atoms with Crippen LogP contribution in [-0.4, -0.2) is 15.1 Å². The molecular formula is C15H13N5OS. The van der Waals surface area contributed by atoms with Gasteiger partial charge in [0.25, 0.3) is 5.56 Å². The second-order valence-electron chi connectivity index (χ2n) is 4.53. The van der Waals surface area contributed by atoms with Crippen LogP contribution in [0.25, 0.3) is 10.9 Å². The highest BCUT2D eigenvalue weighted by Crippen LogP contribution is 2.13. The lowest BCUT2D eigenvalue weighted by Gasteiger charge is -2.12. The van der Waals surface area contributed by atoms with E-state index in [1.54, 1.807) is 12.1 Å². The Morgan fingerprint density at radius 3 is 2.73 bits per heavy atom. The van der Waals surface area contributed by atoms with Crippen molar-refractivity contribution < 1.29 is 0 Å². The van der Waals surface area contributed by atoms with Gasteiger partial charge in [0.2, 0.25) is 0 Å². The van der Waals surface area contributed by atoms with E-state index in [0.29, 0.717) is 21.7 Å². The van der Waals surface area contributed by atoms with E-state index in [1.807, 2.05) is 36.4 Å². The summed E-state index contributed by atoms with van der Waals surface area (Å²) in [4.78, 5) is 18.4. The Kier molecular flexibility index (Phi) is 3.97. The maximum absolute atomic E-state index is 11.7. The normalized spacial score (nSPS) is 10.2. The zero-order chi connectivity index (χ0) is 15.4. The predicted octanol–water partition coefficient (Wildman–Crippen LogP) is 2.24. The number of hydrogen-bond acceptors (Lipinski definition) is 4. The summed E-state index contributed by atoms with van der Waals surface area (Å²) in [6.45, 7) is 0. The number of aromatic amines is 1. The Balaban J connectivity index is 1.69. The zero-order valence-corrected chi connectivity index (χ0v) is 12.3. The number of hydrogen-bond donors (Lipinski definition) is 4. The van der Waals surface area contributed by atoms with Gasteiger partial charge in [-0.1, -0.05) is 18.2 Å². The molecule has 4 N–H and O–H groups in total. The van der Waals surface area contributed by atoms with Crippen molar-refractivity contribution in [2.45, 2.75) is 0 Å². The third kappa shape index (κ3) is 3.21. The van der Waals surface area contributed by atoms with Crippen molar-refractivity contribution >= 4 is 39.6 Å². The van der Waals surface area contributed by atoms with Gasteiger partial charge in [-0.25, -0.2) is 4.98 Å². The third-order valence-electron chi connectivity index (χ3n) is 2.99. The van der Waals surface area contributed by atoms with Crippen LogP contribution < -0.4 is 21.7 Å². The number of nitrogens with zero attached hydrogens (tertiary/aromatic N) is 1. The number of benzene rings is 2. The standard InChI is InChI=1S/C15H13N5OS/c21-14-12-8-11(6-7-13(12)16-9-17-14)18-15(22)20-19-10-4-2-1-3-5-10/h1-9,19H,(H,16,17,21)(H2,18,20,22). The Morgan fingerprint density at radius 1 is 1.09 bits per heavy atom. The van der Waals surface area contributed by atoms with Crippen molar-refractivity contribution in [3.63, 3.8) is 0 Å². The lowest BCUT2D eigenvalue weighted by molar-refractivity contribution is 1.14. The number of rotatable bonds is 3. The fraction of sp³-hybridized carbons (Fsp3) is 0. The average Bonchev–Trinajstić information content (AvgIpc) is 2.55. The van der Waals surface area contributed by atoms with Gasteiger partial charge in [0.15, 0.2) is 5.11 Å². The first-order valence-electron chi connectivity index (χ1n) is 6.58. The highest BCUT2D eigenvalue weighted by atomic mass is 32.1. The van der Waals surface area contributed by atoms with Gasteiger partial charge in [-0.05, 0) is 42.5 Å². The number of hydrazine groups is 1. The van der Waals surface area contributed by atoms with Gasteiger partial charge in [-0.2, -0.15) is 0 Å². The average molecular weight is 311 g/mol. The molecule has 3 rings (SSSR count). The van der Waals surface area contributed by atoms with E-state index < -0.39 is 0 Å². The number of aromatic nitrogens is 2. The lowest BCUT2D eigenvalue weighted by Crippen LogP contribution is -2.33. The van der Waals surface area contributed by atoms with Crippen molar-refractivity contribution in [3.05, 3.63) is 65.2 Å². The Labute approximate surface area is 131 Å². The van der Waals surface area contributed by atoms with Gasteiger partial charge in [0, 0.05) is 5.69 Å². The minimum absolute atomic E-state index is 0.185. The summed E-state index contributed by atoms with van der Waals surface area (Å²) in [6.07, 6.45) is 1.38. The Hall–Kier alpha value is -2.93. The van der Waals surface area contributed by atoms with Gasteiger partial charge in [0.05, 0.1) is 22.9 Å². The van der Waals surface area contributed by atoms with E-state index in [9.17, 15) is 4.79 Å². The molecule has 0 bridgehead atoms. The van der Waals surface area contributed by atoms with Gasteiger partial charge in [-0.3, -0.25) is 15.6 Å². The van der Waals surface area contributed by atoms with Gasteiger partial charge < -0.3 is 10.3 Å². The van der Waals surface area contributed by atoms with E-state index in [-0.39, 0.29) is 5.56 Å². The Bertz CT molecular complexity index is 862. The van der Waals surface area contributed by atoms with Crippen molar-refractivity contribution in [1.82, 2.24) is 15.4 Å². The van der Waals surface area contributed by atoms with Gasteiger partial charge >= 0.3 is 0 Å². The fourth-order valence-corrected chi connectivity index (χ4v) is 2.13. The highest BCUT2D eigenvalue weighted by molar-refractivity contribution is 7.80. The molecule has 0 saturated carbocycles. The smallest absolute Gasteiger partial charge is 0.258 e. The van der Waals surface area contributed by atoms with Crippen molar-refractivity contribution in [2.24, 2.45) is 0 Å². The van der Waals surface area contributed by atoms with E-state index in [1.165, 1.54) is 6.33 Å². The highest BCUT2D eigenvalue weighted by Gasteiger charge is 2.02. The van der Waals surface area contributed by atoms with E-state index in [4.69, 9.17) is 12.2 Å². The molecule has 0 unspecified atom stereocenters. The molecule has 22 heavy (non-hydrogen) atoms. The monoisotopic (exact) mass is 311 g/mol. The van der Waals surface area contributed by atoms with Crippen LogP contribution in [0, 0.1) is 0 Å². The van der Waals surface area contributed by atoms with Crippen LogP contribution in [0.15, 0.2) is 59.7 Å². The van der Waals surface area contributed by atoms with E-state index >= 15 is 0 Å². The summed E-state index contributed by atoms with van der Waals surface area (Å²) < 4.78 is 0. The fourth-order valence-electron chi connectivity index (χ4n) is 1.96. The number of H-pyrrole nitrogens is 1. The zero-order valence-electron chi connectivity index (χ0n) is 11.5. The molecule has 0 spiro atoms. The summed E-state index contributed by atoms with van der Waals surface area (Å²) in [6, 6.07) is 14.9. The van der Waals surface area contributed by atoms with Crippen molar-refractivity contribution in [1.29, 1.82) is 0 Å². The number of anilines is 2. The summed E-state index contributed by atoms with van der Waals surface area (Å²) >= 11 is 5.20. The molecule has 0 amide bonds. The summed E-state index contributed by atoms with van der Waals surface area (Å²) in [7, 11) is 0. The van der Waals surface area contributed by atoms with Gasteiger partial charge in [-0.15, -0.1) is 0 Å². The van der Waals surface area contributed by atoms with E-state index in [0.717, 1.165) is 5.69 Å². The van der Waals surface area contributed by atoms with Crippen LogP contribution >= 0.6 is 12.2 Å². The molecule has 1 heterocycles. The molecule has 0 aliphatic heterocycles. The molecular weight excluding hydrogens is 298 g/mol. The van der Waals surface area contributed by atoms with Crippen LogP contribution in [0.2, 0.25) is 0 Å². The first-order chi connectivity index (χ1) is 10.7. The molecule has 7 heteroatoms. The molecule has 0 atom stereocenters. The lowest BCUT2D eigenvalue weighted by atomic mass is 10.2. The van der Waals surface area contributed by atoms with Crippen LogP contribution in [0.3, 0.4) is 0 Å². The maximum atomic E-state index is 11.7. The van der Waals surface area contributed by atoms with Crippen LogP contribution in [0.5, 0.6) is 0 Å². The number of nitrogens with one attached hydrogen (secondary N) is 4. The minimum Gasteiger partial charge on any atom is -0.331 e. The molecule has 6 nitrogen and oxygen atoms in total. The van der Waals surface area contributed by atoms with Crippen molar-refractivity contribution in [2.75, 3.05) is 10.7 Å². The summed E-state index contributed by atoms with van der Waals surface area (Å²) in [5, 5.41) is 3.91. The van der Waals surface area contributed by atoms with Gasteiger partial charge in [0.1, 0.15) is 0 Å². The predicted molar refractivity (Wildman–Crippen MR) is 91.8 cm³/mol. The molecule has 110 valence electrons. The first-order valence-corrected chi connectivity index (χ1v) is 6.99. The Morgan fingerprint density at radius 2 is 1.91 bits per heavy atom. The second-order valence-corrected chi connectivity index (χ2v) is 4.94. The SMILES string of the molecule is O=c1[nH]cnc2ccc(NC(=S)NNc3ccccc3)cc12. The molecule has 3 aromatic rings. The second kappa shape index (κ2) is 6.23. The van der Waals surface area contributed by atoms with Crippen LogP contribution in [-0.2, 0) is 0 Å². The minimum atomic E-state index is -0.185. The number of thiocarbonyl (C=S) groups is 1. The number of fused-ring (bicyclic) bond motifs is 1. The number of para-hydroxylation sites is 1. The summed E-state index contributed by atoms with van der Waals surface area (Å²) in [5.41, 5.74) is 7.91. The maximum Gasteiger partial charge on any atom is 0.258 e. The van der Waals surface area contributed by atoms with Crippen LogP contribution in [0.1, 0.15) is 0 Å². The molecule has 0 fully saturated rings. The first kappa shape index (κ1) is 14.0. The molecule has 0 aliphatic rings. The molecule has 0 saturated heterocycles. The molecule has 1 aromatic heterocycles. The summed E-state index contributed by atoms with van der Waals surface area (Å²) in [5.74, 6) is 0. The third-order valence-corrected chi connectivity index (χ3v) is 3.20. The molecule has 0 aliphatic carbocycles. The van der Waals surface area contributed by atoms with E-state index in [2.05, 4.69) is 26.1 Å². The quantitative estimate of drug-likeness (QED) is 0.439.